The minimum Gasteiger partial charge on any atom is -0.379 e. The van der Waals surface area contributed by atoms with Gasteiger partial charge in [-0.15, -0.1) is 11.3 Å². The van der Waals surface area contributed by atoms with Gasteiger partial charge < -0.3 is 4.74 Å². The standard InChI is InChI=1S/C11H16N2O2S/c1-9(14)10-8-12-11(16-10)2-3-13-4-6-15-7-5-13/h8H,2-7H2,1H3. The SMILES string of the molecule is CC(=O)c1cnc(CCN2CCOCC2)s1. The van der Waals surface area contributed by atoms with E-state index in [0.717, 1.165) is 49.2 Å². The van der Waals surface area contributed by atoms with Gasteiger partial charge >= 0.3 is 0 Å². The highest BCUT2D eigenvalue weighted by Gasteiger charge is 2.11. The van der Waals surface area contributed by atoms with Crippen molar-refractivity contribution < 1.29 is 9.53 Å². The Morgan fingerprint density at radius 2 is 2.31 bits per heavy atom. The number of aromatic nitrogens is 1. The van der Waals surface area contributed by atoms with Crippen molar-refractivity contribution in [3.63, 3.8) is 0 Å². The second kappa shape index (κ2) is 5.52. The Morgan fingerprint density at radius 1 is 1.56 bits per heavy atom. The molecule has 0 unspecified atom stereocenters. The second-order valence-electron chi connectivity index (χ2n) is 3.88. The highest BCUT2D eigenvalue weighted by molar-refractivity contribution is 7.13. The number of carbonyl (C=O) groups is 1. The van der Waals surface area contributed by atoms with Crippen LogP contribution < -0.4 is 0 Å². The van der Waals surface area contributed by atoms with Crippen LogP contribution in [0.3, 0.4) is 0 Å². The lowest BCUT2D eigenvalue weighted by Crippen LogP contribution is -2.37. The maximum atomic E-state index is 11.1. The first-order chi connectivity index (χ1) is 7.75. The lowest BCUT2D eigenvalue weighted by molar-refractivity contribution is 0.0384. The third-order valence-electron chi connectivity index (χ3n) is 2.65. The highest BCUT2D eigenvalue weighted by atomic mass is 32.1. The van der Waals surface area contributed by atoms with Gasteiger partial charge in [0.15, 0.2) is 5.78 Å². The first-order valence-electron chi connectivity index (χ1n) is 5.51. The fourth-order valence-corrected chi connectivity index (χ4v) is 2.47. The van der Waals surface area contributed by atoms with Gasteiger partial charge in [-0.2, -0.15) is 0 Å². The Kier molecular flexibility index (Phi) is 4.04. The summed E-state index contributed by atoms with van der Waals surface area (Å²) < 4.78 is 5.29. The first kappa shape index (κ1) is 11.7. The molecule has 1 aliphatic heterocycles. The molecule has 88 valence electrons. The summed E-state index contributed by atoms with van der Waals surface area (Å²) in [6, 6.07) is 0. The molecule has 1 fully saturated rings. The average Bonchev–Trinajstić information content (AvgIpc) is 2.76. The largest absolute Gasteiger partial charge is 0.379 e. The Hall–Kier alpha value is -0.780. The number of hydrogen-bond donors (Lipinski definition) is 0. The van der Waals surface area contributed by atoms with Crippen LogP contribution >= 0.6 is 11.3 Å². The summed E-state index contributed by atoms with van der Waals surface area (Å²) in [7, 11) is 0. The molecule has 1 saturated heterocycles. The summed E-state index contributed by atoms with van der Waals surface area (Å²) in [5.74, 6) is 0.107. The first-order valence-corrected chi connectivity index (χ1v) is 6.33. The normalized spacial score (nSPS) is 17.6. The molecular formula is C11H16N2O2S. The minimum atomic E-state index is 0.107. The van der Waals surface area contributed by atoms with Gasteiger partial charge in [0.25, 0.3) is 0 Å². The van der Waals surface area contributed by atoms with Crippen molar-refractivity contribution in [2.75, 3.05) is 32.8 Å². The molecule has 0 N–H and O–H groups in total. The van der Waals surface area contributed by atoms with Crippen LogP contribution in [0.5, 0.6) is 0 Å². The molecule has 1 aliphatic rings. The number of thiazole rings is 1. The molecule has 0 radical (unpaired) electrons. The summed E-state index contributed by atoms with van der Waals surface area (Å²) in [5.41, 5.74) is 0. The third kappa shape index (κ3) is 3.10. The molecule has 4 nitrogen and oxygen atoms in total. The van der Waals surface area contributed by atoms with Crippen molar-refractivity contribution in [2.24, 2.45) is 0 Å². The predicted molar refractivity (Wildman–Crippen MR) is 63.1 cm³/mol. The van der Waals surface area contributed by atoms with E-state index in [0.29, 0.717) is 0 Å². The van der Waals surface area contributed by atoms with E-state index in [2.05, 4.69) is 9.88 Å². The van der Waals surface area contributed by atoms with Crippen molar-refractivity contribution in [2.45, 2.75) is 13.3 Å². The zero-order valence-corrected chi connectivity index (χ0v) is 10.3. The Labute approximate surface area is 99.2 Å². The lowest BCUT2D eigenvalue weighted by atomic mass is 10.3. The molecular weight excluding hydrogens is 224 g/mol. The molecule has 0 bridgehead atoms. The van der Waals surface area contributed by atoms with E-state index in [4.69, 9.17) is 4.74 Å². The van der Waals surface area contributed by atoms with Gasteiger partial charge in [0.05, 0.1) is 23.1 Å². The zero-order chi connectivity index (χ0) is 11.4. The van der Waals surface area contributed by atoms with E-state index in [1.807, 2.05) is 0 Å². The van der Waals surface area contributed by atoms with Crippen LogP contribution in [0.2, 0.25) is 0 Å². The fraction of sp³-hybridized carbons (Fsp3) is 0.636. The summed E-state index contributed by atoms with van der Waals surface area (Å²) in [5, 5.41) is 1.05. The van der Waals surface area contributed by atoms with E-state index >= 15 is 0 Å². The summed E-state index contributed by atoms with van der Waals surface area (Å²) in [6.07, 6.45) is 2.61. The van der Waals surface area contributed by atoms with Gasteiger partial charge in [-0.25, -0.2) is 4.98 Å². The molecule has 0 aromatic carbocycles. The lowest BCUT2D eigenvalue weighted by Gasteiger charge is -2.25. The summed E-state index contributed by atoms with van der Waals surface area (Å²) >= 11 is 1.51. The van der Waals surface area contributed by atoms with Gasteiger partial charge in [0, 0.05) is 39.2 Å². The van der Waals surface area contributed by atoms with Gasteiger partial charge in [-0.1, -0.05) is 0 Å². The molecule has 2 heterocycles. The quantitative estimate of drug-likeness (QED) is 0.742. The van der Waals surface area contributed by atoms with E-state index in [1.165, 1.54) is 11.3 Å². The van der Waals surface area contributed by atoms with Crippen molar-refractivity contribution in [3.05, 3.63) is 16.1 Å². The smallest absolute Gasteiger partial charge is 0.171 e. The van der Waals surface area contributed by atoms with Crippen LogP contribution in [-0.4, -0.2) is 48.5 Å². The Bertz CT molecular complexity index is 359. The molecule has 0 atom stereocenters. The number of ketones is 1. The number of carbonyl (C=O) groups excluding carboxylic acids is 1. The molecule has 2 rings (SSSR count). The topological polar surface area (TPSA) is 42.4 Å². The van der Waals surface area contributed by atoms with Crippen molar-refractivity contribution in [1.29, 1.82) is 0 Å². The summed E-state index contributed by atoms with van der Waals surface area (Å²) in [6.45, 7) is 6.26. The number of Topliss-reactive ketones (excluding diaryl/α,β-unsaturated/α-hetero) is 1. The maximum absolute atomic E-state index is 11.1. The van der Waals surface area contributed by atoms with Gasteiger partial charge in [0.1, 0.15) is 0 Å². The highest BCUT2D eigenvalue weighted by Crippen LogP contribution is 2.14. The number of ether oxygens (including phenoxy) is 1. The van der Waals surface area contributed by atoms with Crippen molar-refractivity contribution in [1.82, 2.24) is 9.88 Å². The molecule has 16 heavy (non-hydrogen) atoms. The van der Waals surface area contributed by atoms with Crippen LogP contribution in [0, 0.1) is 0 Å². The van der Waals surface area contributed by atoms with Crippen molar-refractivity contribution in [3.8, 4) is 0 Å². The second-order valence-corrected chi connectivity index (χ2v) is 4.99. The molecule has 1 aromatic rings. The fourth-order valence-electron chi connectivity index (χ4n) is 1.67. The van der Waals surface area contributed by atoms with Crippen LogP contribution in [0.25, 0.3) is 0 Å². The van der Waals surface area contributed by atoms with Crippen LogP contribution in [-0.2, 0) is 11.2 Å². The van der Waals surface area contributed by atoms with E-state index < -0.39 is 0 Å². The van der Waals surface area contributed by atoms with Gasteiger partial charge in [-0.05, 0) is 0 Å². The van der Waals surface area contributed by atoms with E-state index in [-0.39, 0.29) is 5.78 Å². The minimum absolute atomic E-state index is 0.107. The number of nitrogens with zero attached hydrogens (tertiary/aromatic N) is 2. The van der Waals surface area contributed by atoms with E-state index in [1.54, 1.807) is 13.1 Å². The average molecular weight is 240 g/mol. The molecule has 1 aromatic heterocycles. The molecule has 5 heteroatoms. The number of hydrogen-bond acceptors (Lipinski definition) is 5. The van der Waals surface area contributed by atoms with Crippen LogP contribution in [0.4, 0.5) is 0 Å². The Balaban J connectivity index is 1.81. The predicted octanol–water partition coefficient (Wildman–Crippen LogP) is 1.22. The summed E-state index contributed by atoms with van der Waals surface area (Å²) in [4.78, 5) is 18.5. The molecule has 0 aliphatic carbocycles. The van der Waals surface area contributed by atoms with E-state index in [9.17, 15) is 4.79 Å². The number of morpholine rings is 1. The van der Waals surface area contributed by atoms with Gasteiger partial charge in [0.2, 0.25) is 0 Å². The van der Waals surface area contributed by atoms with Crippen LogP contribution in [0.1, 0.15) is 21.6 Å². The Morgan fingerprint density at radius 3 is 2.94 bits per heavy atom. The number of rotatable bonds is 4. The molecule has 0 saturated carbocycles. The maximum Gasteiger partial charge on any atom is 0.171 e. The van der Waals surface area contributed by atoms with Crippen LogP contribution in [0.15, 0.2) is 6.20 Å². The monoisotopic (exact) mass is 240 g/mol. The third-order valence-corrected chi connectivity index (χ3v) is 3.80. The van der Waals surface area contributed by atoms with Gasteiger partial charge in [-0.3, -0.25) is 9.69 Å². The zero-order valence-electron chi connectivity index (χ0n) is 9.44. The molecule has 0 spiro atoms. The van der Waals surface area contributed by atoms with Crippen molar-refractivity contribution >= 4 is 17.1 Å². The molecule has 0 amide bonds.